The number of hydrogen-bond donors (Lipinski definition) is 1. The Morgan fingerprint density at radius 2 is 2.11 bits per heavy atom. The lowest BCUT2D eigenvalue weighted by Crippen LogP contribution is -2.25. The molecule has 1 rings (SSSR count). The molecule has 0 radical (unpaired) electrons. The van der Waals surface area contributed by atoms with Crippen molar-refractivity contribution in [2.75, 3.05) is 11.0 Å². The summed E-state index contributed by atoms with van der Waals surface area (Å²) in [6.07, 6.45) is 7.37. The molecule has 0 fully saturated rings. The first-order chi connectivity index (χ1) is 8.69. The number of aromatic nitrogens is 2. The predicted octanol–water partition coefficient (Wildman–Crippen LogP) is 2.71. The maximum atomic E-state index is 12.0. The molecule has 0 unspecified atom stereocenters. The maximum absolute atomic E-state index is 12.0. The first-order valence-electron chi connectivity index (χ1n) is 6.55. The highest BCUT2D eigenvalue weighted by atomic mass is 127. The molecular weight excluding hydrogens is 341 g/mol. The smallest absolute Gasteiger partial charge is 0.254 e. The number of alkyl halides is 1. The van der Waals surface area contributed by atoms with Crippen molar-refractivity contribution in [3.8, 4) is 0 Å². The molecule has 0 atom stereocenters. The lowest BCUT2D eigenvalue weighted by Gasteiger charge is -2.04. The third-order valence-corrected chi connectivity index (χ3v) is 3.59. The Balaban J connectivity index is 2.32. The van der Waals surface area contributed by atoms with Crippen LogP contribution in [0.25, 0.3) is 0 Å². The zero-order chi connectivity index (χ0) is 13.4. The van der Waals surface area contributed by atoms with Gasteiger partial charge in [0.2, 0.25) is 0 Å². The number of aryl methyl sites for hydroxylation is 2. The zero-order valence-corrected chi connectivity index (χ0v) is 13.4. The van der Waals surface area contributed by atoms with Crippen LogP contribution in [-0.4, -0.2) is 26.7 Å². The molecule has 18 heavy (non-hydrogen) atoms. The Hall–Kier alpha value is -0.590. The van der Waals surface area contributed by atoms with Crippen molar-refractivity contribution in [1.29, 1.82) is 0 Å². The van der Waals surface area contributed by atoms with Gasteiger partial charge in [0, 0.05) is 19.8 Å². The minimum absolute atomic E-state index is 0.00819. The van der Waals surface area contributed by atoms with Crippen LogP contribution < -0.4 is 5.32 Å². The molecule has 102 valence electrons. The summed E-state index contributed by atoms with van der Waals surface area (Å²) in [7, 11) is 1.85. The fourth-order valence-electron chi connectivity index (χ4n) is 1.86. The second-order valence-electron chi connectivity index (χ2n) is 4.38. The number of amides is 1. The number of hydrogen-bond acceptors (Lipinski definition) is 2. The topological polar surface area (TPSA) is 46.9 Å². The van der Waals surface area contributed by atoms with Crippen LogP contribution in [0, 0.1) is 0 Å². The normalized spacial score (nSPS) is 10.6. The maximum Gasteiger partial charge on any atom is 0.254 e. The molecule has 0 spiro atoms. The van der Waals surface area contributed by atoms with Crippen molar-refractivity contribution in [1.82, 2.24) is 15.1 Å². The van der Waals surface area contributed by atoms with Crippen molar-refractivity contribution >= 4 is 28.5 Å². The average Bonchev–Trinajstić information content (AvgIpc) is 2.74. The van der Waals surface area contributed by atoms with Crippen LogP contribution in [0.2, 0.25) is 0 Å². The van der Waals surface area contributed by atoms with Gasteiger partial charge in [-0.2, -0.15) is 5.10 Å². The van der Waals surface area contributed by atoms with Crippen molar-refractivity contribution in [2.45, 2.75) is 39.0 Å². The van der Waals surface area contributed by atoms with Gasteiger partial charge in [-0.3, -0.25) is 9.48 Å². The summed E-state index contributed by atoms with van der Waals surface area (Å²) in [6, 6.07) is 0. The summed E-state index contributed by atoms with van der Waals surface area (Å²) < 4.78 is 2.92. The summed E-state index contributed by atoms with van der Waals surface area (Å²) in [5.74, 6) is 0.00819. The SMILES string of the molecule is CCc1nn(C)cc1C(=O)NCCCCCCI. The van der Waals surface area contributed by atoms with Crippen LogP contribution >= 0.6 is 22.6 Å². The highest BCUT2D eigenvalue weighted by molar-refractivity contribution is 14.1. The molecule has 1 N–H and O–H groups in total. The zero-order valence-electron chi connectivity index (χ0n) is 11.2. The van der Waals surface area contributed by atoms with E-state index in [0.717, 1.165) is 25.1 Å². The molecule has 0 aliphatic rings. The molecular formula is C13H22IN3O. The largest absolute Gasteiger partial charge is 0.352 e. The number of halogens is 1. The number of carbonyl (C=O) groups excluding carboxylic acids is 1. The van der Waals surface area contributed by atoms with Crippen molar-refractivity contribution in [2.24, 2.45) is 7.05 Å². The van der Waals surface area contributed by atoms with E-state index < -0.39 is 0 Å². The van der Waals surface area contributed by atoms with Crippen molar-refractivity contribution in [3.05, 3.63) is 17.5 Å². The van der Waals surface area contributed by atoms with E-state index in [-0.39, 0.29) is 5.91 Å². The molecule has 0 aliphatic carbocycles. The second kappa shape index (κ2) is 8.50. The van der Waals surface area contributed by atoms with Crippen LogP contribution in [0.3, 0.4) is 0 Å². The van der Waals surface area contributed by atoms with Crippen LogP contribution in [0.4, 0.5) is 0 Å². The molecule has 1 heterocycles. The van der Waals surface area contributed by atoms with Gasteiger partial charge in [-0.25, -0.2) is 0 Å². The average molecular weight is 363 g/mol. The second-order valence-corrected chi connectivity index (χ2v) is 5.45. The first-order valence-corrected chi connectivity index (χ1v) is 8.08. The van der Waals surface area contributed by atoms with Crippen molar-refractivity contribution < 1.29 is 4.79 Å². The van der Waals surface area contributed by atoms with Gasteiger partial charge in [0.05, 0.1) is 11.3 Å². The predicted molar refractivity (Wildman–Crippen MR) is 82.3 cm³/mol. The Morgan fingerprint density at radius 1 is 1.39 bits per heavy atom. The van der Waals surface area contributed by atoms with Crippen molar-refractivity contribution in [3.63, 3.8) is 0 Å². The van der Waals surface area contributed by atoms with E-state index in [1.165, 1.54) is 23.7 Å². The molecule has 0 aliphatic heterocycles. The molecule has 1 amide bonds. The van der Waals surface area contributed by atoms with E-state index in [9.17, 15) is 4.79 Å². The summed E-state index contributed by atoms with van der Waals surface area (Å²) in [4.78, 5) is 12.0. The highest BCUT2D eigenvalue weighted by Crippen LogP contribution is 2.07. The molecule has 0 aromatic carbocycles. The number of nitrogens with zero attached hydrogens (tertiary/aromatic N) is 2. The molecule has 0 saturated carbocycles. The first kappa shape index (κ1) is 15.5. The summed E-state index contributed by atoms with van der Waals surface area (Å²) >= 11 is 2.40. The summed E-state index contributed by atoms with van der Waals surface area (Å²) in [6.45, 7) is 2.78. The Bertz CT molecular complexity index is 376. The molecule has 0 saturated heterocycles. The molecule has 0 bridgehead atoms. The number of unbranched alkanes of at least 4 members (excludes halogenated alkanes) is 3. The Labute approximate surface area is 123 Å². The minimum atomic E-state index is 0.00819. The molecule has 1 aromatic heterocycles. The van der Waals surface area contributed by atoms with Gasteiger partial charge in [-0.1, -0.05) is 42.4 Å². The summed E-state index contributed by atoms with van der Waals surface area (Å²) in [5, 5.41) is 7.24. The van der Waals surface area contributed by atoms with E-state index in [2.05, 4.69) is 33.0 Å². The van der Waals surface area contributed by atoms with Crippen LogP contribution in [0.15, 0.2) is 6.20 Å². The number of carbonyl (C=O) groups is 1. The number of rotatable bonds is 8. The number of nitrogens with one attached hydrogen (secondary N) is 1. The van der Waals surface area contributed by atoms with Gasteiger partial charge in [0.1, 0.15) is 0 Å². The lowest BCUT2D eigenvalue weighted by atomic mass is 10.2. The fourth-order valence-corrected chi connectivity index (χ4v) is 2.39. The van der Waals surface area contributed by atoms with Crippen LogP contribution in [-0.2, 0) is 13.5 Å². The van der Waals surface area contributed by atoms with E-state index in [1.807, 2.05) is 14.0 Å². The van der Waals surface area contributed by atoms with Crippen LogP contribution in [0.5, 0.6) is 0 Å². The van der Waals surface area contributed by atoms with E-state index in [0.29, 0.717) is 5.56 Å². The monoisotopic (exact) mass is 363 g/mol. The van der Waals surface area contributed by atoms with Gasteiger partial charge in [-0.05, 0) is 23.7 Å². The van der Waals surface area contributed by atoms with Gasteiger partial charge in [0.25, 0.3) is 5.91 Å². The van der Waals surface area contributed by atoms with Gasteiger partial charge >= 0.3 is 0 Å². The van der Waals surface area contributed by atoms with E-state index in [1.54, 1.807) is 10.9 Å². The van der Waals surface area contributed by atoms with E-state index >= 15 is 0 Å². The minimum Gasteiger partial charge on any atom is -0.352 e. The lowest BCUT2D eigenvalue weighted by molar-refractivity contribution is 0.0952. The summed E-state index contributed by atoms with van der Waals surface area (Å²) in [5.41, 5.74) is 1.59. The van der Waals surface area contributed by atoms with Crippen LogP contribution in [0.1, 0.15) is 48.7 Å². The van der Waals surface area contributed by atoms with Gasteiger partial charge in [-0.15, -0.1) is 0 Å². The quantitative estimate of drug-likeness (QED) is 0.439. The van der Waals surface area contributed by atoms with Gasteiger partial charge in [0.15, 0.2) is 0 Å². The standard InChI is InChI=1S/C13H22IN3O/c1-3-12-11(10-17(2)16-12)13(18)15-9-7-5-4-6-8-14/h10H,3-9H2,1-2H3,(H,15,18). The third kappa shape index (κ3) is 4.96. The third-order valence-electron chi connectivity index (χ3n) is 2.83. The Kier molecular flexibility index (Phi) is 7.31. The van der Waals surface area contributed by atoms with Gasteiger partial charge < -0.3 is 5.32 Å². The molecule has 5 heteroatoms. The fraction of sp³-hybridized carbons (Fsp3) is 0.692. The molecule has 4 nitrogen and oxygen atoms in total. The molecule has 1 aromatic rings. The van der Waals surface area contributed by atoms with E-state index in [4.69, 9.17) is 0 Å². The highest BCUT2D eigenvalue weighted by Gasteiger charge is 2.13. The Morgan fingerprint density at radius 3 is 2.78 bits per heavy atom.